The van der Waals surface area contributed by atoms with E-state index < -0.39 is 0 Å². The maximum atomic E-state index is 5.62. The Morgan fingerprint density at radius 2 is 2.35 bits per heavy atom. The number of piperazine rings is 1. The van der Waals surface area contributed by atoms with Crippen LogP contribution in [-0.2, 0) is 4.74 Å². The number of nitrogens with one attached hydrogen (secondary N) is 2. The number of ether oxygens (including phenoxy) is 1. The van der Waals surface area contributed by atoms with Gasteiger partial charge in [0.15, 0.2) is 0 Å². The van der Waals surface area contributed by atoms with Crippen LogP contribution in [0.1, 0.15) is 11.7 Å². The van der Waals surface area contributed by atoms with Crippen LogP contribution in [0.3, 0.4) is 0 Å². The maximum absolute atomic E-state index is 5.62. The van der Waals surface area contributed by atoms with E-state index in [9.17, 15) is 0 Å². The summed E-state index contributed by atoms with van der Waals surface area (Å²) in [7, 11) is 0. The number of aromatic nitrogens is 1. The van der Waals surface area contributed by atoms with E-state index >= 15 is 0 Å². The molecule has 17 heavy (non-hydrogen) atoms. The maximum Gasteiger partial charge on any atom is 0.237 e. The molecule has 0 amide bonds. The van der Waals surface area contributed by atoms with Crippen molar-refractivity contribution in [3.05, 3.63) is 36.4 Å². The number of hydrogen-bond donors (Lipinski definition) is 2. The van der Waals surface area contributed by atoms with Crippen molar-refractivity contribution in [3.63, 3.8) is 0 Å². The molecular weight excluding hydrogens is 216 g/mol. The van der Waals surface area contributed by atoms with Crippen LogP contribution in [0.25, 0.3) is 0 Å². The summed E-state index contributed by atoms with van der Waals surface area (Å²) in [5.74, 6) is 0. The van der Waals surface area contributed by atoms with Crippen molar-refractivity contribution in [2.24, 2.45) is 0 Å². The van der Waals surface area contributed by atoms with Gasteiger partial charge in [0, 0.05) is 32.4 Å². The predicted molar refractivity (Wildman–Crippen MR) is 63.8 cm³/mol. The van der Waals surface area contributed by atoms with E-state index in [1.165, 1.54) is 0 Å². The van der Waals surface area contributed by atoms with Crippen LogP contribution in [0.5, 0.6) is 0 Å². The lowest BCUT2D eigenvalue weighted by Gasteiger charge is -2.37. The molecule has 1 radical (unpaired) electrons. The highest BCUT2D eigenvalue weighted by molar-refractivity contribution is 5.12. The summed E-state index contributed by atoms with van der Waals surface area (Å²) in [5, 5.41) is 6.70. The van der Waals surface area contributed by atoms with Crippen LogP contribution in [0.15, 0.2) is 24.4 Å². The highest BCUT2D eigenvalue weighted by atomic mass is 16.5. The normalized spacial score (nSPS) is 27.4. The molecule has 0 aromatic carbocycles. The molecule has 0 spiro atoms. The zero-order valence-electron chi connectivity index (χ0n) is 9.72. The Bertz CT molecular complexity index is 353. The minimum Gasteiger partial charge on any atom is -0.341 e. The number of rotatable bonds is 2. The lowest BCUT2D eigenvalue weighted by atomic mass is 10.1. The van der Waals surface area contributed by atoms with Gasteiger partial charge in [0.25, 0.3) is 0 Å². The van der Waals surface area contributed by atoms with Gasteiger partial charge in [0.2, 0.25) is 6.35 Å². The van der Waals surface area contributed by atoms with Crippen LogP contribution in [0.4, 0.5) is 0 Å². The molecule has 0 aliphatic carbocycles. The van der Waals surface area contributed by atoms with Gasteiger partial charge in [-0.05, 0) is 12.1 Å². The third-order valence-corrected chi connectivity index (χ3v) is 3.15. The number of hydrogen-bond acceptors (Lipinski definition) is 5. The van der Waals surface area contributed by atoms with Crippen molar-refractivity contribution in [2.75, 3.05) is 32.8 Å². The average molecular weight is 233 g/mol. The first-order valence-electron chi connectivity index (χ1n) is 6.07. The van der Waals surface area contributed by atoms with Crippen LogP contribution >= 0.6 is 0 Å². The summed E-state index contributed by atoms with van der Waals surface area (Å²) in [6, 6.07) is 6.30. The fourth-order valence-corrected chi connectivity index (χ4v) is 2.33. The molecule has 2 aliphatic heterocycles. The molecule has 1 atom stereocenters. The molecule has 1 aromatic heterocycles. The molecule has 2 saturated heterocycles. The second kappa shape index (κ2) is 5.10. The zero-order valence-corrected chi connectivity index (χ0v) is 9.72. The molecule has 2 aliphatic rings. The van der Waals surface area contributed by atoms with Crippen LogP contribution < -0.4 is 10.6 Å². The molecule has 1 aromatic rings. The molecule has 3 rings (SSSR count). The number of nitrogens with zero attached hydrogens (tertiary/aromatic N) is 2. The third-order valence-electron chi connectivity index (χ3n) is 3.15. The number of pyridine rings is 1. The molecular formula is C12H17N4O. The Labute approximate surface area is 101 Å². The smallest absolute Gasteiger partial charge is 0.237 e. The van der Waals surface area contributed by atoms with Crippen molar-refractivity contribution in [3.8, 4) is 0 Å². The lowest BCUT2D eigenvalue weighted by Crippen LogP contribution is -2.50. The summed E-state index contributed by atoms with van der Waals surface area (Å²) in [6.45, 7) is 4.50. The van der Waals surface area contributed by atoms with Crippen molar-refractivity contribution in [1.82, 2.24) is 20.5 Å². The van der Waals surface area contributed by atoms with Crippen LogP contribution in [0.2, 0.25) is 0 Å². The fourth-order valence-electron chi connectivity index (χ4n) is 2.33. The van der Waals surface area contributed by atoms with E-state index in [-0.39, 0.29) is 6.04 Å². The Hall–Kier alpha value is -1.01. The largest absolute Gasteiger partial charge is 0.341 e. The van der Waals surface area contributed by atoms with Gasteiger partial charge in [-0.25, -0.2) is 4.90 Å². The van der Waals surface area contributed by atoms with Gasteiger partial charge in [-0.3, -0.25) is 10.3 Å². The highest BCUT2D eigenvalue weighted by Gasteiger charge is 2.34. The predicted octanol–water partition coefficient (Wildman–Crippen LogP) is 0.0947. The van der Waals surface area contributed by atoms with E-state index in [4.69, 9.17) is 4.74 Å². The molecule has 91 valence electrons. The van der Waals surface area contributed by atoms with Crippen LogP contribution in [-0.4, -0.2) is 42.7 Å². The van der Waals surface area contributed by atoms with E-state index in [0.29, 0.717) is 0 Å². The van der Waals surface area contributed by atoms with Gasteiger partial charge in [-0.15, -0.1) is 0 Å². The van der Waals surface area contributed by atoms with Gasteiger partial charge in [0.1, 0.15) is 0 Å². The van der Waals surface area contributed by atoms with Gasteiger partial charge in [-0.2, -0.15) is 0 Å². The quantitative estimate of drug-likeness (QED) is 0.758. The summed E-state index contributed by atoms with van der Waals surface area (Å²) in [4.78, 5) is 6.72. The minimum atomic E-state index is 0.255. The second-order valence-corrected chi connectivity index (χ2v) is 4.25. The van der Waals surface area contributed by atoms with Crippen molar-refractivity contribution < 1.29 is 4.74 Å². The topological polar surface area (TPSA) is 49.4 Å². The molecule has 5 nitrogen and oxygen atoms in total. The highest BCUT2D eigenvalue weighted by Crippen LogP contribution is 2.26. The van der Waals surface area contributed by atoms with Gasteiger partial charge in [-0.1, -0.05) is 6.07 Å². The van der Waals surface area contributed by atoms with Gasteiger partial charge >= 0.3 is 0 Å². The summed E-state index contributed by atoms with van der Waals surface area (Å²) in [6.07, 6.45) is 2.75. The molecule has 2 N–H and O–H groups in total. The monoisotopic (exact) mass is 233 g/mol. The molecule has 0 bridgehead atoms. The van der Waals surface area contributed by atoms with Crippen LogP contribution in [0, 0.1) is 6.35 Å². The fraction of sp³-hybridized carbons (Fsp3) is 0.500. The molecule has 0 saturated carbocycles. The van der Waals surface area contributed by atoms with E-state index in [1.54, 1.807) is 0 Å². The average Bonchev–Trinajstić information content (AvgIpc) is 2.94. The Morgan fingerprint density at radius 1 is 1.35 bits per heavy atom. The standard InChI is InChI=1S/C12H17N4O/c1-2-4-14-10(3-1)11-9-13-5-7-16(11)12-15-6-8-17-12/h1-4,11,13,15H,5-9H2. The van der Waals surface area contributed by atoms with E-state index in [0.717, 1.165) is 44.8 Å². The molecule has 3 heterocycles. The Morgan fingerprint density at radius 3 is 3.12 bits per heavy atom. The molecule has 5 heteroatoms. The summed E-state index contributed by atoms with van der Waals surface area (Å²) >= 11 is 0. The van der Waals surface area contributed by atoms with Crippen molar-refractivity contribution >= 4 is 0 Å². The summed E-state index contributed by atoms with van der Waals surface area (Å²) in [5.41, 5.74) is 1.09. The SMILES string of the molecule is c1ccc(C2CNCCN2[C]2NCCO2)nc1. The zero-order chi connectivity index (χ0) is 11.5. The Kier molecular flexibility index (Phi) is 3.33. The minimum absolute atomic E-state index is 0.255. The first-order chi connectivity index (χ1) is 8.45. The molecule has 1 unspecified atom stereocenters. The van der Waals surface area contributed by atoms with E-state index in [2.05, 4.69) is 26.6 Å². The van der Waals surface area contributed by atoms with Gasteiger partial charge < -0.3 is 10.1 Å². The van der Waals surface area contributed by atoms with E-state index in [1.807, 2.05) is 18.3 Å². The Balaban J connectivity index is 1.80. The molecule has 2 fully saturated rings. The first-order valence-corrected chi connectivity index (χ1v) is 6.07. The van der Waals surface area contributed by atoms with Crippen molar-refractivity contribution in [1.29, 1.82) is 0 Å². The first kappa shape index (κ1) is 11.1. The summed E-state index contributed by atoms with van der Waals surface area (Å²) < 4.78 is 5.62. The third kappa shape index (κ3) is 2.32. The van der Waals surface area contributed by atoms with Crippen molar-refractivity contribution in [2.45, 2.75) is 6.04 Å². The van der Waals surface area contributed by atoms with Gasteiger partial charge in [0.05, 0.1) is 18.3 Å². The lowest BCUT2D eigenvalue weighted by molar-refractivity contribution is 0.0231. The second-order valence-electron chi connectivity index (χ2n) is 4.25.